The largest absolute Gasteiger partial charge is 0.493 e. The first-order valence-electron chi connectivity index (χ1n) is 8.46. The molecule has 124 valence electrons. The van der Waals surface area contributed by atoms with Crippen LogP contribution in [0.15, 0.2) is 18.2 Å². The van der Waals surface area contributed by atoms with Crippen molar-refractivity contribution in [1.82, 2.24) is 10.2 Å². The van der Waals surface area contributed by atoms with Crippen molar-refractivity contribution in [3.05, 3.63) is 23.8 Å². The van der Waals surface area contributed by atoms with Gasteiger partial charge in [-0.1, -0.05) is 32.3 Å². The van der Waals surface area contributed by atoms with E-state index in [1.807, 2.05) is 6.07 Å². The van der Waals surface area contributed by atoms with Crippen molar-refractivity contribution in [2.75, 3.05) is 40.4 Å². The van der Waals surface area contributed by atoms with Crippen LogP contribution in [0.5, 0.6) is 11.5 Å². The Balaban J connectivity index is 2.18. The Morgan fingerprint density at radius 2 is 1.82 bits per heavy atom. The van der Waals surface area contributed by atoms with E-state index in [0.29, 0.717) is 6.04 Å². The number of ether oxygens (including phenoxy) is 2. The number of benzene rings is 1. The van der Waals surface area contributed by atoms with Gasteiger partial charge in [-0.25, -0.2) is 0 Å². The highest BCUT2D eigenvalue weighted by molar-refractivity contribution is 5.43. The lowest BCUT2D eigenvalue weighted by atomic mass is 9.97. The molecule has 1 aromatic rings. The molecule has 0 aromatic heterocycles. The molecular formula is C18H30N2O2. The molecule has 1 heterocycles. The molecule has 0 aliphatic carbocycles. The summed E-state index contributed by atoms with van der Waals surface area (Å²) in [5, 5.41) is 3.44. The van der Waals surface area contributed by atoms with E-state index in [1.165, 1.54) is 31.2 Å². The van der Waals surface area contributed by atoms with Gasteiger partial charge in [-0.3, -0.25) is 4.90 Å². The first-order chi connectivity index (χ1) is 10.8. The maximum Gasteiger partial charge on any atom is 0.161 e. The van der Waals surface area contributed by atoms with Gasteiger partial charge in [-0.2, -0.15) is 0 Å². The van der Waals surface area contributed by atoms with E-state index in [-0.39, 0.29) is 0 Å². The Bertz CT molecular complexity index is 445. The molecule has 4 heteroatoms. The van der Waals surface area contributed by atoms with E-state index >= 15 is 0 Å². The van der Waals surface area contributed by atoms with Gasteiger partial charge in [0.15, 0.2) is 11.5 Å². The average molecular weight is 306 g/mol. The number of unbranched alkanes of at least 4 members (excludes halogenated alkanes) is 2. The first kappa shape index (κ1) is 17.1. The van der Waals surface area contributed by atoms with Crippen LogP contribution < -0.4 is 14.8 Å². The third-order valence-corrected chi connectivity index (χ3v) is 4.47. The van der Waals surface area contributed by atoms with E-state index in [4.69, 9.17) is 9.47 Å². The zero-order valence-electron chi connectivity index (χ0n) is 14.2. The van der Waals surface area contributed by atoms with Crippen LogP contribution in [0, 0.1) is 0 Å². The van der Waals surface area contributed by atoms with Crippen molar-refractivity contribution in [2.24, 2.45) is 0 Å². The van der Waals surface area contributed by atoms with Crippen molar-refractivity contribution < 1.29 is 9.47 Å². The summed E-state index contributed by atoms with van der Waals surface area (Å²) < 4.78 is 10.9. The summed E-state index contributed by atoms with van der Waals surface area (Å²) in [6.07, 6.45) is 5.05. The summed E-state index contributed by atoms with van der Waals surface area (Å²) in [6, 6.07) is 6.86. The molecule has 0 saturated carbocycles. The van der Waals surface area contributed by atoms with Crippen LogP contribution in [0.4, 0.5) is 0 Å². The minimum Gasteiger partial charge on any atom is -0.493 e. The summed E-state index contributed by atoms with van der Waals surface area (Å²) in [7, 11) is 3.39. The van der Waals surface area contributed by atoms with E-state index in [2.05, 4.69) is 29.3 Å². The molecule has 22 heavy (non-hydrogen) atoms. The number of rotatable bonds is 8. The molecule has 1 aromatic carbocycles. The Hall–Kier alpha value is -1.26. The van der Waals surface area contributed by atoms with Gasteiger partial charge in [0.05, 0.1) is 14.2 Å². The second kappa shape index (κ2) is 9.01. The molecular weight excluding hydrogens is 276 g/mol. The van der Waals surface area contributed by atoms with Gasteiger partial charge >= 0.3 is 0 Å². The lowest BCUT2D eigenvalue weighted by Crippen LogP contribution is -2.45. The van der Waals surface area contributed by atoms with Crippen molar-refractivity contribution >= 4 is 0 Å². The van der Waals surface area contributed by atoms with Crippen molar-refractivity contribution in [3.8, 4) is 11.5 Å². The minimum atomic E-state index is 0.480. The summed E-state index contributed by atoms with van der Waals surface area (Å²) in [5.41, 5.74) is 1.34. The Kier molecular flexibility index (Phi) is 7.00. The molecule has 1 atom stereocenters. The zero-order chi connectivity index (χ0) is 15.8. The SMILES string of the molecule is CCCCC[C@@H](c1ccc(OC)c(OC)c1)N1CCNCC1. The van der Waals surface area contributed by atoms with Crippen LogP contribution in [0.25, 0.3) is 0 Å². The molecule has 1 N–H and O–H groups in total. The van der Waals surface area contributed by atoms with Gasteiger partial charge in [0.2, 0.25) is 0 Å². The molecule has 0 amide bonds. The van der Waals surface area contributed by atoms with Gasteiger partial charge < -0.3 is 14.8 Å². The number of hydrogen-bond donors (Lipinski definition) is 1. The lowest BCUT2D eigenvalue weighted by molar-refractivity contribution is 0.162. The second-order valence-corrected chi connectivity index (χ2v) is 5.91. The van der Waals surface area contributed by atoms with Crippen LogP contribution in [0.2, 0.25) is 0 Å². The molecule has 0 radical (unpaired) electrons. The number of hydrogen-bond acceptors (Lipinski definition) is 4. The predicted octanol–water partition coefficient (Wildman–Crippen LogP) is 3.23. The fourth-order valence-electron chi connectivity index (χ4n) is 3.20. The molecule has 4 nitrogen and oxygen atoms in total. The average Bonchev–Trinajstić information content (AvgIpc) is 2.59. The Morgan fingerprint density at radius 3 is 2.45 bits per heavy atom. The number of nitrogens with zero attached hydrogens (tertiary/aromatic N) is 1. The van der Waals surface area contributed by atoms with Crippen molar-refractivity contribution in [1.29, 1.82) is 0 Å². The summed E-state index contributed by atoms with van der Waals surface area (Å²) >= 11 is 0. The topological polar surface area (TPSA) is 33.7 Å². The smallest absolute Gasteiger partial charge is 0.161 e. The third-order valence-electron chi connectivity index (χ3n) is 4.47. The van der Waals surface area contributed by atoms with Crippen LogP contribution in [0.1, 0.15) is 44.2 Å². The van der Waals surface area contributed by atoms with Crippen molar-refractivity contribution in [3.63, 3.8) is 0 Å². The van der Waals surface area contributed by atoms with Crippen LogP contribution in [-0.4, -0.2) is 45.3 Å². The molecule has 1 aliphatic heterocycles. The summed E-state index contributed by atoms with van der Waals surface area (Å²) in [6.45, 7) is 6.65. The van der Waals surface area contributed by atoms with Crippen LogP contribution >= 0.6 is 0 Å². The molecule has 1 saturated heterocycles. The van der Waals surface area contributed by atoms with Gasteiger partial charge in [-0.05, 0) is 24.1 Å². The van der Waals surface area contributed by atoms with Gasteiger partial charge in [-0.15, -0.1) is 0 Å². The lowest BCUT2D eigenvalue weighted by Gasteiger charge is -2.35. The van der Waals surface area contributed by atoms with E-state index in [9.17, 15) is 0 Å². The number of piperazine rings is 1. The normalized spacial score (nSPS) is 17.2. The van der Waals surface area contributed by atoms with Gasteiger partial charge in [0, 0.05) is 32.2 Å². The summed E-state index contributed by atoms with van der Waals surface area (Å²) in [5.74, 6) is 1.63. The van der Waals surface area contributed by atoms with Crippen LogP contribution in [-0.2, 0) is 0 Å². The quantitative estimate of drug-likeness (QED) is 0.748. The predicted molar refractivity (Wildman–Crippen MR) is 90.9 cm³/mol. The molecule has 0 unspecified atom stereocenters. The monoisotopic (exact) mass is 306 g/mol. The molecule has 0 spiro atoms. The van der Waals surface area contributed by atoms with Crippen LogP contribution in [0.3, 0.4) is 0 Å². The minimum absolute atomic E-state index is 0.480. The highest BCUT2D eigenvalue weighted by Crippen LogP contribution is 2.34. The maximum atomic E-state index is 5.48. The number of methoxy groups -OCH3 is 2. The zero-order valence-corrected chi connectivity index (χ0v) is 14.2. The Morgan fingerprint density at radius 1 is 1.09 bits per heavy atom. The fraction of sp³-hybridized carbons (Fsp3) is 0.667. The molecule has 0 bridgehead atoms. The molecule has 2 rings (SSSR count). The molecule has 1 aliphatic rings. The second-order valence-electron chi connectivity index (χ2n) is 5.91. The van der Waals surface area contributed by atoms with Gasteiger partial charge in [0.1, 0.15) is 0 Å². The Labute approximate surface area is 134 Å². The fourth-order valence-corrected chi connectivity index (χ4v) is 3.20. The first-order valence-corrected chi connectivity index (χ1v) is 8.46. The maximum absolute atomic E-state index is 5.48. The highest BCUT2D eigenvalue weighted by Gasteiger charge is 2.22. The van der Waals surface area contributed by atoms with E-state index < -0.39 is 0 Å². The van der Waals surface area contributed by atoms with E-state index in [0.717, 1.165) is 37.7 Å². The molecule has 1 fully saturated rings. The standard InChI is InChI=1S/C18H30N2O2/c1-4-5-6-7-16(20-12-10-19-11-13-20)15-8-9-17(21-2)18(14-15)22-3/h8-9,14,16,19H,4-7,10-13H2,1-3H3/t16-/m0/s1. The van der Waals surface area contributed by atoms with Gasteiger partial charge in [0.25, 0.3) is 0 Å². The van der Waals surface area contributed by atoms with Crippen molar-refractivity contribution in [2.45, 2.75) is 38.6 Å². The van der Waals surface area contributed by atoms with E-state index in [1.54, 1.807) is 14.2 Å². The third kappa shape index (κ3) is 4.37. The number of nitrogens with one attached hydrogen (secondary N) is 1. The highest BCUT2D eigenvalue weighted by atomic mass is 16.5. The summed E-state index contributed by atoms with van der Waals surface area (Å²) in [4.78, 5) is 2.60.